The first-order valence-corrected chi connectivity index (χ1v) is 9.88. The highest BCUT2D eigenvalue weighted by atomic mass is 16.5. The third kappa shape index (κ3) is 5.28. The number of hydrogen-bond donors (Lipinski definition) is 0. The SMILES string of the molecule is Cc1cccc(-c2nc(COc3ccc(OCc4ncccc4CC#N)cc3)co2)c1. The molecular weight excluding hydrogens is 390 g/mol. The van der Waals surface area contributed by atoms with E-state index in [0.717, 1.165) is 28.1 Å². The third-order valence-electron chi connectivity index (χ3n) is 4.66. The summed E-state index contributed by atoms with van der Waals surface area (Å²) in [5, 5.41) is 8.92. The van der Waals surface area contributed by atoms with Gasteiger partial charge in [-0.25, -0.2) is 4.98 Å². The van der Waals surface area contributed by atoms with Gasteiger partial charge >= 0.3 is 0 Å². The molecule has 4 rings (SSSR count). The summed E-state index contributed by atoms with van der Waals surface area (Å²) in [6, 6.07) is 21.2. The average Bonchev–Trinajstić information content (AvgIpc) is 3.27. The largest absolute Gasteiger partial charge is 0.487 e. The van der Waals surface area contributed by atoms with Gasteiger partial charge in [-0.1, -0.05) is 23.8 Å². The van der Waals surface area contributed by atoms with E-state index in [1.165, 1.54) is 0 Å². The molecule has 0 N–H and O–H groups in total. The van der Waals surface area contributed by atoms with Crippen LogP contribution in [-0.4, -0.2) is 9.97 Å². The van der Waals surface area contributed by atoms with Gasteiger partial charge in [0.25, 0.3) is 0 Å². The summed E-state index contributed by atoms with van der Waals surface area (Å²) in [5.74, 6) is 1.98. The highest BCUT2D eigenvalue weighted by Crippen LogP contribution is 2.22. The summed E-state index contributed by atoms with van der Waals surface area (Å²) in [6.45, 7) is 2.64. The summed E-state index contributed by atoms with van der Waals surface area (Å²) >= 11 is 0. The van der Waals surface area contributed by atoms with Crippen molar-refractivity contribution in [1.29, 1.82) is 5.26 Å². The van der Waals surface area contributed by atoms with Crippen LogP contribution < -0.4 is 9.47 Å². The lowest BCUT2D eigenvalue weighted by molar-refractivity contribution is 0.292. The number of nitrogens with zero attached hydrogens (tertiary/aromatic N) is 3. The van der Waals surface area contributed by atoms with Gasteiger partial charge in [-0.2, -0.15) is 5.26 Å². The van der Waals surface area contributed by atoms with Gasteiger partial charge in [-0.05, 0) is 55.0 Å². The third-order valence-corrected chi connectivity index (χ3v) is 4.66. The lowest BCUT2D eigenvalue weighted by Gasteiger charge is -2.09. The Morgan fingerprint density at radius 1 is 0.968 bits per heavy atom. The van der Waals surface area contributed by atoms with E-state index < -0.39 is 0 Å². The Hall–Kier alpha value is -4.11. The first-order valence-electron chi connectivity index (χ1n) is 9.88. The van der Waals surface area contributed by atoms with Crippen LogP contribution in [0.5, 0.6) is 11.5 Å². The maximum atomic E-state index is 8.92. The van der Waals surface area contributed by atoms with Crippen molar-refractivity contribution in [2.24, 2.45) is 0 Å². The minimum Gasteiger partial charge on any atom is -0.487 e. The molecule has 0 saturated heterocycles. The van der Waals surface area contributed by atoms with E-state index in [-0.39, 0.29) is 0 Å². The van der Waals surface area contributed by atoms with Gasteiger partial charge < -0.3 is 13.9 Å². The first-order chi connectivity index (χ1) is 15.2. The number of rotatable bonds is 8. The minimum atomic E-state index is 0.304. The molecule has 4 aromatic rings. The van der Waals surface area contributed by atoms with Crippen molar-refractivity contribution in [3.8, 4) is 29.0 Å². The molecule has 2 heterocycles. The molecule has 0 fully saturated rings. The fourth-order valence-electron chi connectivity index (χ4n) is 3.07. The molecular formula is C25H21N3O3. The van der Waals surface area contributed by atoms with E-state index in [1.54, 1.807) is 12.5 Å². The highest BCUT2D eigenvalue weighted by Gasteiger charge is 2.08. The van der Waals surface area contributed by atoms with E-state index in [4.69, 9.17) is 19.2 Å². The number of ether oxygens (including phenoxy) is 2. The number of aromatic nitrogens is 2. The van der Waals surface area contributed by atoms with Crippen LogP contribution in [-0.2, 0) is 19.6 Å². The van der Waals surface area contributed by atoms with Gasteiger partial charge in [-0.15, -0.1) is 0 Å². The zero-order valence-electron chi connectivity index (χ0n) is 17.1. The zero-order valence-corrected chi connectivity index (χ0v) is 17.1. The van der Waals surface area contributed by atoms with Crippen LogP contribution in [0.25, 0.3) is 11.5 Å². The molecule has 0 saturated carbocycles. The van der Waals surface area contributed by atoms with Crippen LogP contribution in [0.3, 0.4) is 0 Å². The summed E-state index contributed by atoms with van der Waals surface area (Å²) in [7, 11) is 0. The predicted octanol–water partition coefficient (Wildman–Crippen LogP) is 5.27. The second kappa shape index (κ2) is 9.59. The Morgan fingerprint density at radius 3 is 2.48 bits per heavy atom. The molecule has 0 atom stereocenters. The quantitative estimate of drug-likeness (QED) is 0.393. The molecule has 0 aliphatic heterocycles. The van der Waals surface area contributed by atoms with E-state index in [2.05, 4.69) is 16.0 Å². The van der Waals surface area contributed by atoms with Crippen molar-refractivity contribution in [3.05, 3.63) is 95.6 Å². The lowest BCUT2D eigenvalue weighted by atomic mass is 10.1. The molecule has 0 radical (unpaired) electrons. The van der Waals surface area contributed by atoms with Gasteiger partial charge in [0.1, 0.15) is 36.7 Å². The molecule has 0 spiro atoms. The van der Waals surface area contributed by atoms with Crippen molar-refractivity contribution < 1.29 is 13.9 Å². The predicted molar refractivity (Wildman–Crippen MR) is 115 cm³/mol. The van der Waals surface area contributed by atoms with Crippen molar-refractivity contribution in [2.75, 3.05) is 0 Å². The summed E-state index contributed by atoms with van der Waals surface area (Å²) in [6.07, 6.45) is 3.62. The maximum absolute atomic E-state index is 8.92. The fourth-order valence-corrected chi connectivity index (χ4v) is 3.07. The molecule has 6 nitrogen and oxygen atoms in total. The standard InChI is InChI=1S/C25H21N3O3/c1-18-4-2-5-20(14-18)25-28-21(16-31-25)15-29-22-7-9-23(10-8-22)30-17-24-19(11-12-26)6-3-13-27-24/h2-10,13-14,16H,11,15,17H2,1H3. The number of aryl methyl sites for hydroxylation is 1. The monoisotopic (exact) mass is 411 g/mol. The van der Waals surface area contributed by atoms with Crippen molar-refractivity contribution in [1.82, 2.24) is 9.97 Å². The topological polar surface area (TPSA) is 81.2 Å². The van der Waals surface area contributed by atoms with Crippen molar-refractivity contribution in [3.63, 3.8) is 0 Å². The van der Waals surface area contributed by atoms with Crippen LogP contribution in [0, 0.1) is 18.3 Å². The Morgan fingerprint density at radius 2 is 1.74 bits per heavy atom. The van der Waals surface area contributed by atoms with Crippen LogP contribution >= 0.6 is 0 Å². The number of pyridine rings is 1. The van der Waals surface area contributed by atoms with Gasteiger partial charge in [0, 0.05) is 11.8 Å². The molecule has 6 heteroatoms. The minimum absolute atomic E-state index is 0.304. The number of hydrogen-bond acceptors (Lipinski definition) is 6. The van der Waals surface area contributed by atoms with E-state index >= 15 is 0 Å². The molecule has 0 unspecified atom stereocenters. The summed E-state index contributed by atoms with van der Waals surface area (Å²) in [4.78, 5) is 8.80. The van der Waals surface area contributed by atoms with Crippen LogP contribution in [0.1, 0.15) is 22.5 Å². The van der Waals surface area contributed by atoms with Crippen LogP contribution in [0.15, 0.2) is 77.5 Å². The molecule has 0 aliphatic rings. The fraction of sp³-hybridized carbons (Fsp3) is 0.160. The summed E-state index contributed by atoms with van der Waals surface area (Å²) in [5.41, 5.74) is 4.46. The van der Waals surface area contributed by atoms with Crippen LogP contribution in [0.4, 0.5) is 0 Å². The van der Waals surface area contributed by atoms with Gasteiger partial charge in [0.2, 0.25) is 5.89 Å². The molecule has 0 bridgehead atoms. The molecule has 2 aromatic heterocycles. The van der Waals surface area contributed by atoms with Crippen LogP contribution in [0.2, 0.25) is 0 Å². The first kappa shape index (κ1) is 20.2. The Labute approximate surface area is 180 Å². The molecule has 0 amide bonds. The van der Waals surface area contributed by atoms with Gasteiger partial charge in [0.15, 0.2) is 0 Å². The molecule has 154 valence electrons. The van der Waals surface area contributed by atoms with Gasteiger partial charge in [-0.3, -0.25) is 4.98 Å². The zero-order chi connectivity index (χ0) is 21.5. The molecule has 0 aliphatic carbocycles. The highest BCUT2D eigenvalue weighted by molar-refractivity contribution is 5.54. The lowest BCUT2D eigenvalue weighted by Crippen LogP contribution is -2.02. The second-order valence-electron chi connectivity index (χ2n) is 7.01. The molecule has 2 aromatic carbocycles. The average molecular weight is 411 g/mol. The molecule has 31 heavy (non-hydrogen) atoms. The maximum Gasteiger partial charge on any atom is 0.226 e. The smallest absolute Gasteiger partial charge is 0.226 e. The van der Waals surface area contributed by atoms with Crippen molar-refractivity contribution in [2.45, 2.75) is 26.6 Å². The van der Waals surface area contributed by atoms with Gasteiger partial charge in [0.05, 0.1) is 18.2 Å². The van der Waals surface area contributed by atoms with E-state index in [0.29, 0.717) is 37.0 Å². The Kier molecular flexibility index (Phi) is 6.24. The second-order valence-corrected chi connectivity index (χ2v) is 7.01. The van der Waals surface area contributed by atoms with E-state index in [9.17, 15) is 0 Å². The number of benzene rings is 2. The van der Waals surface area contributed by atoms with E-state index in [1.807, 2.05) is 67.6 Å². The Balaban J connectivity index is 1.32. The normalized spacial score (nSPS) is 10.5. The van der Waals surface area contributed by atoms with Crippen molar-refractivity contribution >= 4 is 0 Å². The number of oxazole rings is 1. The summed E-state index contributed by atoms with van der Waals surface area (Å²) < 4.78 is 17.2. The number of nitriles is 1. The Bertz CT molecular complexity index is 1190.